The number of nitrogens with zero attached hydrogens (tertiary/aromatic N) is 1. The number of nitrogens with one attached hydrogen (secondary N) is 1. The average Bonchev–Trinajstić information content (AvgIpc) is 2.40. The maximum absolute atomic E-state index is 11.5. The van der Waals surface area contributed by atoms with Gasteiger partial charge in [0.15, 0.2) is 9.84 Å². The van der Waals surface area contributed by atoms with E-state index in [0.29, 0.717) is 18.1 Å². The van der Waals surface area contributed by atoms with Crippen molar-refractivity contribution in [2.45, 2.75) is 33.7 Å². The van der Waals surface area contributed by atoms with E-state index in [0.717, 1.165) is 18.8 Å². The molecule has 0 saturated carbocycles. The van der Waals surface area contributed by atoms with Crippen molar-refractivity contribution in [1.29, 1.82) is 0 Å². The van der Waals surface area contributed by atoms with Gasteiger partial charge in [0.1, 0.15) is 12.4 Å². The Balaban J connectivity index is 2.34. The Morgan fingerprint density at radius 2 is 2.05 bits per heavy atom. The predicted molar refractivity (Wildman–Crippen MR) is 85.2 cm³/mol. The summed E-state index contributed by atoms with van der Waals surface area (Å²) in [6.45, 7) is 8.02. The minimum absolute atomic E-state index is 0.0541. The largest absolute Gasteiger partial charge is 0.491 e. The van der Waals surface area contributed by atoms with Crippen LogP contribution in [0, 0.1) is 5.92 Å². The van der Waals surface area contributed by atoms with Crippen LogP contribution in [0.3, 0.4) is 0 Å². The van der Waals surface area contributed by atoms with Gasteiger partial charge in [-0.05, 0) is 31.0 Å². The summed E-state index contributed by atoms with van der Waals surface area (Å²) >= 11 is 0. The van der Waals surface area contributed by atoms with Crippen molar-refractivity contribution >= 4 is 9.84 Å². The van der Waals surface area contributed by atoms with E-state index in [4.69, 9.17) is 4.74 Å². The average molecular weight is 314 g/mol. The lowest BCUT2D eigenvalue weighted by Gasteiger charge is -2.09. The highest BCUT2D eigenvalue weighted by Crippen LogP contribution is 2.09. The predicted octanol–water partition coefficient (Wildman–Crippen LogP) is 2.03. The number of pyridine rings is 1. The number of hydrogen-bond donors (Lipinski definition) is 1. The van der Waals surface area contributed by atoms with Crippen LogP contribution in [0.2, 0.25) is 0 Å². The van der Waals surface area contributed by atoms with E-state index in [1.165, 1.54) is 0 Å². The van der Waals surface area contributed by atoms with Crippen LogP contribution in [0.4, 0.5) is 0 Å². The molecule has 1 aromatic rings. The van der Waals surface area contributed by atoms with Crippen molar-refractivity contribution in [3.8, 4) is 5.75 Å². The second kappa shape index (κ2) is 9.00. The highest BCUT2D eigenvalue weighted by molar-refractivity contribution is 7.91. The maximum Gasteiger partial charge on any atom is 0.153 e. The molecule has 0 atom stereocenters. The summed E-state index contributed by atoms with van der Waals surface area (Å²) in [7, 11) is -2.99. The second-order valence-electron chi connectivity index (χ2n) is 5.51. The number of ether oxygens (including phenoxy) is 1. The fraction of sp³-hybridized carbons (Fsp3) is 0.667. The van der Waals surface area contributed by atoms with Gasteiger partial charge >= 0.3 is 0 Å². The standard InChI is InChI=1S/C15H26N2O3S/c1-4-8-21(18,19)9-7-20-15-6-5-14(17-12-15)11-16-10-13(2)3/h5-6,12-13,16H,4,7-11H2,1-3H3. The number of rotatable bonds is 10. The van der Waals surface area contributed by atoms with Gasteiger partial charge in [0, 0.05) is 6.54 Å². The minimum Gasteiger partial charge on any atom is -0.491 e. The van der Waals surface area contributed by atoms with Crippen LogP contribution in [0.25, 0.3) is 0 Å². The molecule has 1 aromatic heterocycles. The van der Waals surface area contributed by atoms with Crippen LogP contribution in [-0.4, -0.2) is 38.1 Å². The smallest absolute Gasteiger partial charge is 0.153 e. The van der Waals surface area contributed by atoms with Gasteiger partial charge in [-0.2, -0.15) is 0 Å². The zero-order valence-electron chi connectivity index (χ0n) is 13.1. The lowest BCUT2D eigenvalue weighted by molar-refractivity contribution is 0.339. The number of aromatic nitrogens is 1. The minimum atomic E-state index is -2.99. The molecule has 0 bridgehead atoms. The van der Waals surface area contributed by atoms with Gasteiger partial charge in [0.05, 0.1) is 23.4 Å². The molecule has 1 N–H and O–H groups in total. The zero-order valence-corrected chi connectivity index (χ0v) is 13.9. The molecule has 21 heavy (non-hydrogen) atoms. The Morgan fingerprint density at radius 3 is 2.62 bits per heavy atom. The fourth-order valence-electron chi connectivity index (χ4n) is 1.79. The van der Waals surface area contributed by atoms with Gasteiger partial charge in [-0.15, -0.1) is 0 Å². The van der Waals surface area contributed by atoms with Crippen molar-refractivity contribution in [3.63, 3.8) is 0 Å². The van der Waals surface area contributed by atoms with Crippen molar-refractivity contribution in [3.05, 3.63) is 24.0 Å². The molecule has 0 aliphatic carbocycles. The first-order chi connectivity index (χ1) is 9.93. The third-order valence-corrected chi connectivity index (χ3v) is 4.65. The molecule has 0 aliphatic heterocycles. The molecule has 0 amide bonds. The van der Waals surface area contributed by atoms with E-state index in [-0.39, 0.29) is 18.1 Å². The first-order valence-electron chi connectivity index (χ1n) is 7.42. The van der Waals surface area contributed by atoms with Crippen molar-refractivity contribution in [2.24, 2.45) is 5.92 Å². The van der Waals surface area contributed by atoms with Crippen LogP contribution >= 0.6 is 0 Å². The highest BCUT2D eigenvalue weighted by atomic mass is 32.2. The summed E-state index contributed by atoms with van der Waals surface area (Å²) in [5, 5.41) is 3.32. The SMILES string of the molecule is CCCS(=O)(=O)CCOc1ccc(CNCC(C)C)nc1. The highest BCUT2D eigenvalue weighted by Gasteiger charge is 2.09. The summed E-state index contributed by atoms with van der Waals surface area (Å²) in [6, 6.07) is 3.72. The molecular formula is C15H26N2O3S. The Labute approximate surface area is 128 Å². The molecule has 0 unspecified atom stereocenters. The van der Waals surface area contributed by atoms with Gasteiger partial charge in [-0.25, -0.2) is 8.42 Å². The van der Waals surface area contributed by atoms with Crippen molar-refractivity contribution in [1.82, 2.24) is 10.3 Å². The number of sulfone groups is 1. The number of hydrogen-bond acceptors (Lipinski definition) is 5. The summed E-state index contributed by atoms with van der Waals surface area (Å²) in [5.74, 6) is 1.49. The van der Waals surface area contributed by atoms with Crippen molar-refractivity contribution in [2.75, 3.05) is 24.7 Å². The van der Waals surface area contributed by atoms with E-state index >= 15 is 0 Å². The van der Waals surface area contributed by atoms with Gasteiger partial charge in [0.2, 0.25) is 0 Å². The molecule has 0 aliphatic rings. The quantitative estimate of drug-likeness (QED) is 0.715. The topological polar surface area (TPSA) is 68.3 Å². The Hall–Kier alpha value is -1.14. The second-order valence-corrected chi connectivity index (χ2v) is 7.81. The third kappa shape index (κ3) is 8.02. The molecule has 120 valence electrons. The molecule has 0 radical (unpaired) electrons. The molecule has 1 heterocycles. The van der Waals surface area contributed by atoms with Crippen LogP contribution < -0.4 is 10.1 Å². The normalized spacial score (nSPS) is 11.8. The summed E-state index contributed by atoms with van der Waals surface area (Å²) in [6.07, 6.45) is 2.28. The van der Waals surface area contributed by atoms with Gasteiger partial charge in [-0.1, -0.05) is 20.8 Å². The van der Waals surface area contributed by atoms with E-state index in [2.05, 4.69) is 24.1 Å². The molecule has 0 saturated heterocycles. The first-order valence-corrected chi connectivity index (χ1v) is 9.24. The molecule has 0 aromatic carbocycles. The Bertz CT molecular complexity index is 498. The monoisotopic (exact) mass is 314 g/mol. The van der Waals surface area contributed by atoms with Gasteiger partial charge < -0.3 is 10.1 Å². The van der Waals surface area contributed by atoms with Crippen LogP contribution in [0.5, 0.6) is 5.75 Å². The summed E-state index contributed by atoms with van der Waals surface area (Å²) in [5.41, 5.74) is 0.946. The van der Waals surface area contributed by atoms with Gasteiger partial charge in [0.25, 0.3) is 0 Å². The molecule has 1 rings (SSSR count). The van der Waals surface area contributed by atoms with Crippen LogP contribution in [-0.2, 0) is 16.4 Å². The fourth-order valence-corrected chi connectivity index (χ4v) is 2.95. The van der Waals surface area contributed by atoms with Crippen molar-refractivity contribution < 1.29 is 13.2 Å². The lowest BCUT2D eigenvalue weighted by atomic mass is 10.2. The molecule has 5 nitrogen and oxygen atoms in total. The molecule has 6 heteroatoms. The molecular weight excluding hydrogens is 288 g/mol. The summed E-state index contributed by atoms with van der Waals surface area (Å²) in [4.78, 5) is 4.29. The Kier molecular flexibility index (Phi) is 7.67. The zero-order chi connectivity index (χ0) is 15.7. The van der Waals surface area contributed by atoms with E-state index < -0.39 is 9.84 Å². The maximum atomic E-state index is 11.5. The van der Waals surface area contributed by atoms with E-state index in [1.807, 2.05) is 19.1 Å². The first kappa shape index (κ1) is 17.9. The third-order valence-electron chi connectivity index (χ3n) is 2.83. The van der Waals surface area contributed by atoms with E-state index in [9.17, 15) is 8.42 Å². The van der Waals surface area contributed by atoms with E-state index in [1.54, 1.807) is 6.20 Å². The van der Waals surface area contributed by atoms with Crippen LogP contribution in [0.15, 0.2) is 18.3 Å². The Morgan fingerprint density at radius 1 is 1.29 bits per heavy atom. The molecule has 0 spiro atoms. The lowest BCUT2D eigenvalue weighted by Crippen LogP contribution is -2.19. The van der Waals surface area contributed by atoms with Crippen LogP contribution in [0.1, 0.15) is 32.9 Å². The van der Waals surface area contributed by atoms with Gasteiger partial charge in [-0.3, -0.25) is 4.98 Å². The molecule has 0 fully saturated rings. The summed E-state index contributed by atoms with van der Waals surface area (Å²) < 4.78 is 28.5.